The van der Waals surface area contributed by atoms with E-state index in [4.69, 9.17) is 0 Å². The lowest BCUT2D eigenvalue weighted by Gasteiger charge is -2.18. The third-order valence-electron chi connectivity index (χ3n) is 4.45. The maximum atomic E-state index is 12.5. The predicted molar refractivity (Wildman–Crippen MR) is 118 cm³/mol. The van der Waals surface area contributed by atoms with Crippen molar-refractivity contribution in [2.75, 3.05) is 24.2 Å². The Balaban J connectivity index is 1.64. The fourth-order valence-corrected chi connectivity index (χ4v) is 5.26. The smallest absolute Gasteiger partial charge is 0.243 e. The third kappa shape index (κ3) is 4.95. The zero-order chi connectivity index (χ0) is 20.9. The van der Waals surface area contributed by atoms with Gasteiger partial charge in [0.15, 0.2) is 0 Å². The lowest BCUT2D eigenvalue weighted by atomic mass is 10.2. The Morgan fingerprint density at radius 3 is 2.41 bits per heavy atom. The SMILES string of the molecule is CCN(CC)S(=O)(=O)c1ccc(NC(=O)CSc2ccnc3ccccc23)cc1. The molecular formula is C21H23N3O3S2. The normalized spacial score (nSPS) is 11.7. The second-order valence-corrected chi connectivity index (χ2v) is 9.23. The van der Waals surface area contributed by atoms with Gasteiger partial charge in [-0.05, 0) is 36.4 Å². The Kier molecular flexibility index (Phi) is 6.89. The minimum Gasteiger partial charge on any atom is -0.325 e. The molecule has 0 aliphatic rings. The van der Waals surface area contributed by atoms with Gasteiger partial charge >= 0.3 is 0 Å². The molecule has 1 N–H and O–H groups in total. The van der Waals surface area contributed by atoms with Gasteiger partial charge in [-0.25, -0.2) is 8.42 Å². The zero-order valence-corrected chi connectivity index (χ0v) is 18.0. The Labute approximate surface area is 175 Å². The van der Waals surface area contributed by atoms with E-state index in [1.165, 1.54) is 28.2 Å². The van der Waals surface area contributed by atoms with Crippen molar-refractivity contribution in [3.63, 3.8) is 0 Å². The van der Waals surface area contributed by atoms with Crippen molar-refractivity contribution in [1.82, 2.24) is 9.29 Å². The average molecular weight is 430 g/mol. The van der Waals surface area contributed by atoms with Crippen molar-refractivity contribution in [1.29, 1.82) is 0 Å². The number of hydrogen-bond donors (Lipinski definition) is 1. The summed E-state index contributed by atoms with van der Waals surface area (Å²) in [5.41, 5.74) is 1.46. The minimum absolute atomic E-state index is 0.157. The van der Waals surface area contributed by atoms with Gasteiger partial charge in [-0.2, -0.15) is 4.31 Å². The molecule has 0 saturated heterocycles. The van der Waals surface area contributed by atoms with E-state index in [0.29, 0.717) is 18.8 Å². The summed E-state index contributed by atoms with van der Waals surface area (Å²) >= 11 is 1.44. The number of fused-ring (bicyclic) bond motifs is 1. The first-order valence-corrected chi connectivity index (χ1v) is 11.7. The number of thioether (sulfide) groups is 1. The average Bonchev–Trinajstić information content (AvgIpc) is 2.73. The lowest BCUT2D eigenvalue weighted by molar-refractivity contribution is -0.113. The number of pyridine rings is 1. The van der Waals surface area contributed by atoms with Gasteiger partial charge in [-0.1, -0.05) is 32.0 Å². The standard InChI is InChI=1S/C21H23N3O3S2/c1-3-24(4-2)29(26,27)17-11-9-16(10-12-17)23-21(25)15-28-20-13-14-22-19-8-6-5-7-18(19)20/h5-14H,3-4,15H2,1-2H3,(H,23,25). The van der Waals surface area contributed by atoms with Crippen LogP contribution >= 0.6 is 11.8 Å². The molecule has 8 heteroatoms. The van der Waals surface area contributed by atoms with Crippen molar-refractivity contribution in [2.45, 2.75) is 23.6 Å². The number of hydrogen-bond acceptors (Lipinski definition) is 5. The second-order valence-electron chi connectivity index (χ2n) is 6.28. The van der Waals surface area contributed by atoms with Crippen LogP contribution in [0.3, 0.4) is 0 Å². The van der Waals surface area contributed by atoms with Crippen LogP contribution in [0.4, 0.5) is 5.69 Å². The van der Waals surface area contributed by atoms with Crippen LogP contribution in [0.25, 0.3) is 10.9 Å². The van der Waals surface area contributed by atoms with E-state index in [1.54, 1.807) is 32.2 Å². The van der Waals surface area contributed by atoms with Crippen LogP contribution in [0.1, 0.15) is 13.8 Å². The molecule has 0 spiro atoms. The molecule has 1 aromatic heterocycles. The van der Waals surface area contributed by atoms with E-state index in [-0.39, 0.29) is 16.6 Å². The number of nitrogens with one attached hydrogen (secondary N) is 1. The highest BCUT2D eigenvalue weighted by Crippen LogP contribution is 2.26. The molecule has 2 aromatic carbocycles. The minimum atomic E-state index is -3.50. The lowest BCUT2D eigenvalue weighted by Crippen LogP contribution is -2.30. The molecule has 29 heavy (non-hydrogen) atoms. The van der Waals surface area contributed by atoms with Crippen molar-refractivity contribution < 1.29 is 13.2 Å². The molecule has 0 fully saturated rings. The summed E-state index contributed by atoms with van der Waals surface area (Å²) in [6, 6.07) is 16.0. The van der Waals surface area contributed by atoms with Gasteiger partial charge in [0.05, 0.1) is 16.2 Å². The van der Waals surface area contributed by atoms with Gasteiger partial charge in [-0.3, -0.25) is 9.78 Å². The van der Waals surface area contributed by atoms with Crippen LogP contribution in [0.15, 0.2) is 70.6 Å². The number of rotatable bonds is 8. The molecule has 0 saturated carbocycles. The van der Waals surface area contributed by atoms with E-state index in [9.17, 15) is 13.2 Å². The number of para-hydroxylation sites is 1. The number of amides is 1. The first kappa shape index (κ1) is 21.3. The van der Waals surface area contributed by atoms with E-state index in [2.05, 4.69) is 10.3 Å². The Bertz CT molecular complexity index is 1090. The molecule has 3 aromatic rings. The van der Waals surface area contributed by atoms with Crippen LogP contribution in [-0.2, 0) is 14.8 Å². The molecule has 152 valence electrons. The molecule has 0 aliphatic carbocycles. The van der Waals surface area contributed by atoms with Crippen LogP contribution in [-0.4, -0.2) is 42.5 Å². The van der Waals surface area contributed by atoms with Crippen molar-refractivity contribution in [3.8, 4) is 0 Å². The topological polar surface area (TPSA) is 79.4 Å². The third-order valence-corrected chi connectivity index (χ3v) is 7.59. The number of aromatic nitrogens is 1. The van der Waals surface area contributed by atoms with Gasteiger partial charge in [0.1, 0.15) is 0 Å². The van der Waals surface area contributed by atoms with Crippen LogP contribution in [0.2, 0.25) is 0 Å². The summed E-state index contributed by atoms with van der Waals surface area (Å²) in [6.45, 7) is 4.44. The van der Waals surface area contributed by atoms with Crippen molar-refractivity contribution >= 4 is 44.3 Å². The summed E-state index contributed by atoms with van der Waals surface area (Å²) in [6.07, 6.45) is 1.73. The summed E-state index contributed by atoms with van der Waals surface area (Å²) in [7, 11) is -3.50. The zero-order valence-electron chi connectivity index (χ0n) is 16.3. The molecule has 1 amide bonds. The van der Waals surface area contributed by atoms with E-state index < -0.39 is 10.0 Å². The maximum absolute atomic E-state index is 12.5. The number of benzene rings is 2. The second kappa shape index (κ2) is 9.39. The van der Waals surface area contributed by atoms with Gasteiger partial charge in [-0.15, -0.1) is 11.8 Å². The van der Waals surface area contributed by atoms with Gasteiger partial charge in [0.2, 0.25) is 15.9 Å². The Morgan fingerprint density at radius 1 is 1.03 bits per heavy atom. The first-order valence-electron chi connectivity index (χ1n) is 9.32. The fourth-order valence-electron chi connectivity index (χ4n) is 2.96. The molecular weight excluding hydrogens is 406 g/mol. The van der Waals surface area contributed by atoms with Crippen LogP contribution in [0, 0.1) is 0 Å². The molecule has 3 rings (SSSR count). The summed E-state index contributed by atoms with van der Waals surface area (Å²) in [4.78, 5) is 17.9. The summed E-state index contributed by atoms with van der Waals surface area (Å²) in [5.74, 6) is 0.0864. The van der Waals surface area contributed by atoms with Gasteiger partial charge < -0.3 is 5.32 Å². The molecule has 0 radical (unpaired) electrons. The molecule has 1 heterocycles. The molecule has 0 bridgehead atoms. The van der Waals surface area contributed by atoms with E-state index in [1.807, 2.05) is 30.3 Å². The molecule has 6 nitrogen and oxygen atoms in total. The number of carbonyl (C=O) groups excluding carboxylic acids is 1. The number of sulfonamides is 1. The Morgan fingerprint density at radius 2 is 1.72 bits per heavy atom. The molecule has 0 atom stereocenters. The quantitative estimate of drug-likeness (QED) is 0.548. The highest BCUT2D eigenvalue weighted by molar-refractivity contribution is 8.00. The van der Waals surface area contributed by atoms with Crippen LogP contribution in [0.5, 0.6) is 0 Å². The summed E-state index contributed by atoms with van der Waals surface area (Å²) in [5, 5.41) is 3.83. The monoisotopic (exact) mass is 429 g/mol. The molecule has 0 unspecified atom stereocenters. The highest BCUT2D eigenvalue weighted by atomic mass is 32.2. The number of carbonyl (C=O) groups is 1. The van der Waals surface area contributed by atoms with Crippen molar-refractivity contribution in [2.24, 2.45) is 0 Å². The number of nitrogens with zero attached hydrogens (tertiary/aromatic N) is 2. The summed E-state index contributed by atoms with van der Waals surface area (Å²) < 4.78 is 26.4. The van der Waals surface area contributed by atoms with E-state index >= 15 is 0 Å². The largest absolute Gasteiger partial charge is 0.325 e. The van der Waals surface area contributed by atoms with Crippen molar-refractivity contribution in [3.05, 3.63) is 60.8 Å². The first-order chi connectivity index (χ1) is 14.0. The highest BCUT2D eigenvalue weighted by Gasteiger charge is 2.21. The van der Waals surface area contributed by atoms with Gasteiger partial charge in [0, 0.05) is 35.3 Å². The predicted octanol–water partition coefficient (Wildman–Crippen LogP) is 4.00. The fraction of sp³-hybridized carbons (Fsp3) is 0.238. The van der Waals surface area contributed by atoms with Gasteiger partial charge in [0.25, 0.3) is 0 Å². The van der Waals surface area contributed by atoms with Crippen LogP contribution < -0.4 is 5.32 Å². The molecule has 0 aliphatic heterocycles. The van der Waals surface area contributed by atoms with E-state index in [0.717, 1.165) is 15.8 Å². The maximum Gasteiger partial charge on any atom is 0.243 e. The Hall–Kier alpha value is -2.42. The number of anilines is 1.